The molecule has 1 heterocycles. The monoisotopic (exact) mass is 349 g/mol. The van der Waals surface area contributed by atoms with Crippen molar-refractivity contribution in [1.82, 2.24) is 4.98 Å². The molecule has 3 aromatic rings. The van der Waals surface area contributed by atoms with Crippen LogP contribution in [0.25, 0.3) is 17.0 Å². The molecule has 0 saturated heterocycles. The maximum atomic E-state index is 12.2. The number of fused-ring (bicyclic) bond motifs is 1. The molecule has 0 N–H and O–H groups in total. The molecule has 132 valence electrons. The van der Waals surface area contributed by atoms with E-state index in [9.17, 15) is 4.79 Å². The normalized spacial score (nSPS) is 10.9. The predicted molar refractivity (Wildman–Crippen MR) is 101 cm³/mol. The van der Waals surface area contributed by atoms with Gasteiger partial charge in [-0.15, -0.1) is 0 Å². The molecule has 5 heteroatoms. The summed E-state index contributed by atoms with van der Waals surface area (Å²) in [5.41, 5.74) is 2.33. The average molecular weight is 349 g/mol. The summed E-state index contributed by atoms with van der Waals surface area (Å²) in [6, 6.07) is 14.8. The second-order valence-electron chi connectivity index (χ2n) is 5.65. The second kappa shape index (κ2) is 7.70. The van der Waals surface area contributed by atoms with Crippen molar-refractivity contribution in [3.05, 3.63) is 65.9 Å². The molecule has 0 aliphatic rings. The molecule has 0 spiro atoms. The average Bonchev–Trinajstić information content (AvgIpc) is 2.66. The molecule has 0 radical (unpaired) electrons. The van der Waals surface area contributed by atoms with Gasteiger partial charge in [-0.2, -0.15) is 0 Å². The zero-order valence-corrected chi connectivity index (χ0v) is 14.9. The fraction of sp³-hybridized carbons (Fsp3) is 0.143. The van der Waals surface area contributed by atoms with Gasteiger partial charge in [-0.1, -0.05) is 24.3 Å². The number of aryl methyl sites for hydroxylation is 1. The minimum Gasteiger partial charge on any atom is -0.493 e. The van der Waals surface area contributed by atoms with Gasteiger partial charge in [0.05, 0.1) is 14.2 Å². The van der Waals surface area contributed by atoms with E-state index in [0.717, 1.165) is 16.6 Å². The lowest BCUT2D eigenvalue weighted by atomic mass is 10.2. The van der Waals surface area contributed by atoms with E-state index in [0.29, 0.717) is 22.8 Å². The first-order valence-electron chi connectivity index (χ1n) is 8.09. The number of carbonyl (C=O) groups excluding carboxylic acids is 1. The van der Waals surface area contributed by atoms with Gasteiger partial charge >= 0.3 is 5.97 Å². The molecule has 0 aliphatic carbocycles. The van der Waals surface area contributed by atoms with Crippen LogP contribution in [-0.2, 0) is 4.79 Å². The first-order chi connectivity index (χ1) is 12.6. The number of benzene rings is 2. The van der Waals surface area contributed by atoms with Gasteiger partial charge in [0.15, 0.2) is 17.2 Å². The smallest absolute Gasteiger partial charge is 0.336 e. The first kappa shape index (κ1) is 17.5. The highest BCUT2D eigenvalue weighted by Gasteiger charge is 2.08. The summed E-state index contributed by atoms with van der Waals surface area (Å²) >= 11 is 0. The van der Waals surface area contributed by atoms with Crippen molar-refractivity contribution in [2.45, 2.75) is 6.92 Å². The topological polar surface area (TPSA) is 57.7 Å². The number of rotatable bonds is 5. The van der Waals surface area contributed by atoms with Crippen molar-refractivity contribution < 1.29 is 19.0 Å². The van der Waals surface area contributed by atoms with Crippen LogP contribution in [0.5, 0.6) is 17.2 Å². The summed E-state index contributed by atoms with van der Waals surface area (Å²) < 4.78 is 15.9. The Morgan fingerprint density at radius 1 is 0.962 bits per heavy atom. The summed E-state index contributed by atoms with van der Waals surface area (Å²) in [5, 5.41) is 0.921. The van der Waals surface area contributed by atoms with E-state index in [-0.39, 0.29) is 0 Å². The molecule has 0 unspecified atom stereocenters. The van der Waals surface area contributed by atoms with Gasteiger partial charge < -0.3 is 14.2 Å². The third-order valence-corrected chi connectivity index (χ3v) is 3.85. The number of aromatic nitrogens is 1. The van der Waals surface area contributed by atoms with Crippen LogP contribution >= 0.6 is 0 Å². The Labute approximate surface area is 151 Å². The lowest BCUT2D eigenvalue weighted by Gasteiger charge is -2.08. The molecule has 26 heavy (non-hydrogen) atoms. The van der Waals surface area contributed by atoms with E-state index < -0.39 is 5.97 Å². The quantitative estimate of drug-likeness (QED) is 0.393. The van der Waals surface area contributed by atoms with Gasteiger partial charge in [0.2, 0.25) is 0 Å². The molecule has 5 nitrogen and oxygen atoms in total. The van der Waals surface area contributed by atoms with E-state index >= 15 is 0 Å². The van der Waals surface area contributed by atoms with Crippen molar-refractivity contribution in [1.29, 1.82) is 0 Å². The molecular weight excluding hydrogens is 330 g/mol. The van der Waals surface area contributed by atoms with E-state index in [2.05, 4.69) is 4.98 Å². The molecule has 0 bridgehead atoms. The molecule has 0 atom stereocenters. The molecular formula is C21H19NO4. The number of nitrogens with zero attached hydrogens (tertiary/aromatic N) is 1. The van der Waals surface area contributed by atoms with Crippen molar-refractivity contribution >= 4 is 22.9 Å². The van der Waals surface area contributed by atoms with Gasteiger partial charge in [0.25, 0.3) is 0 Å². The first-order valence-corrected chi connectivity index (χ1v) is 8.09. The Kier molecular flexibility index (Phi) is 5.17. The van der Waals surface area contributed by atoms with Gasteiger partial charge in [0.1, 0.15) is 5.52 Å². The van der Waals surface area contributed by atoms with Crippen LogP contribution in [0.2, 0.25) is 0 Å². The van der Waals surface area contributed by atoms with Gasteiger partial charge in [-0.3, -0.25) is 0 Å². The SMILES string of the molecule is COc1ccc(C=CC(=O)Oc2cccc3ccc(C)nc23)cc1OC. The van der Waals surface area contributed by atoms with Crippen LogP contribution in [0, 0.1) is 6.92 Å². The van der Waals surface area contributed by atoms with Gasteiger partial charge in [-0.05, 0) is 42.8 Å². The zero-order valence-electron chi connectivity index (χ0n) is 14.9. The minimum atomic E-state index is -0.476. The highest BCUT2D eigenvalue weighted by atomic mass is 16.5. The number of carbonyl (C=O) groups is 1. The fourth-order valence-corrected chi connectivity index (χ4v) is 2.56. The highest BCUT2D eigenvalue weighted by Crippen LogP contribution is 2.28. The van der Waals surface area contributed by atoms with Crippen LogP contribution in [0.3, 0.4) is 0 Å². The van der Waals surface area contributed by atoms with Crippen molar-refractivity contribution in [3.8, 4) is 17.2 Å². The molecule has 1 aromatic heterocycles. The van der Waals surface area contributed by atoms with E-state index in [4.69, 9.17) is 14.2 Å². The number of hydrogen-bond donors (Lipinski definition) is 0. The maximum absolute atomic E-state index is 12.2. The van der Waals surface area contributed by atoms with Crippen molar-refractivity contribution in [2.24, 2.45) is 0 Å². The Balaban J connectivity index is 1.79. The number of hydrogen-bond acceptors (Lipinski definition) is 5. The third kappa shape index (κ3) is 3.83. The lowest BCUT2D eigenvalue weighted by Crippen LogP contribution is -2.04. The molecule has 0 saturated carbocycles. The Morgan fingerprint density at radius 2 is 1.77 bits per heavy atom. The van der Waals surface area contributed by atoms with E-state index in [1.807, 2.05) is 37.3 Å². The maximum Gasteiger partial charge on any atom is 0.336 e. The van der Waals surface area contributed by atoms with E-state index in [1.165, 1.54) is 6.08 Å². The minimum absolute atomic E-state index is 0.438. The predicted octanol–water partition coefficient (Wildman–Crippen LogP) is 4.18. The number of ether oxygens (including phenoxy) is 3. The highest BCUT2D eigenvalue weighted by molar-refractivity contribution is 5.92. The van der Waals surface area contributed by atoms with Crippen LogP contribution in [0.15, 0.2) is 54.6 Å². The van der Waals surface area contributed by atoms with Crippen LogP contribution in [0.4, 0.5) is 0 Å². The molecule has 0 amide bonds. The summed E-state index contributed by atoms with van der Waals surface area (Å²) in [5.74, 6) is 1.19. The number of pyridine rings is 1. The van der Waals surface area contributed by atoms with Crippen LogP contribution in [-0.4, -0.2) is 25.2 Å². The summed E-state index contributed by atoms with van der Waals surface area (Å²) in [4.78, 5) is 16.7. The summed E-state index contributed by atoms with van der Waals surface area (Å²) in [6.07, 6.45) is 3.03. The van der Waals surface area contributed by atoms with Gasteiger partial charge in [0, 0.05) is 17.2 Å². The van der Waals surface area contributed by atoms with Crippen molar-refractivity contribution in [2.75, 3.05) is 14.2 Å². The summed E-state index contributed by atoms with van der Waals surface area (Å²) in [6.45, 7) is 1.90. The van der Waals surface area contributed by atoms with E-state index in [1.54, 1.807) is 38.5 Å². The fourth-order valence-electron chi connectivity index (χ4n) is 2.56. The molecule has 2 aromatic carbocycles. The molecule has 3 rings (SSSR count). The largest absolute Gasteiger partial charge is 0.493 e. The number of methoxy groups -OCH3 is 2. The van der Waals surface area contributed by atoms with Crippen LogP contribution in [0.1, 0.15) is 11.3 Å². The Bertz CT molecular complexity index is 979. The molecule has 0 aliphatic heterocycles. The second-order valence-corrected chi connectivity index (χ2v) is 5.65. The number of para-hydroxylation sites is 1. The zero-order chi connectivity index (χ0) is 18.5. The Morgan fingerprint density at radius 3 is 2.54 bits per heavy atom. The lowest BCUT2D eigenvalue weighted by molar-refractivity contribution is -0.128. The Hall–Kier alpha value is -3.34. The third-order valence-electron chi connectivity index (χ3n) is 3.85. The van der Waals surface area contributed by atoms with Crippen molar-refractivity contribution in [3.63, 3.8) is 0 Å². The standard InChI is InChI=1S/C21H19NO4/c1-14-7-10-16-5-4-6-18(21(16)22-14)26-20(23)12-9-15-8-11-17(24-2)19(13-15)25-3/h4-13H,1-3H3. The molecule has 0 fully saturated rings. The summed E-state index contributed by atoms with van der Waals surface area (Å²) in [7, 11) is 3.14. The number of esters is 1. The van der Waals surface area contributed by atoms with Crippen LogP contribution < -0.4 is 14.2 Å². The van der Waals surface area contributed by atoms with Gasteiger partial charge in [-0.25, -0.2) is 9.78 Å².